The van der Waals surface area contributed by atoms with Gasteiger partial charge in [0.25, 0.3) is 5.91 Å². The molecule has 0 bridgehead atoms. The second-order valence-electron chi connectivity index (χ2n) is 10.4. The topological polar surface area (TPSA) is 103 Å². The van der Waals surface area contributed by atoms with Gasteiger partial charge in [-0.2, -0.15) is 0 Å². The lowest BCUT2D eigenvalue weighted by atomic mass is 9.93. The number of pyridine rings is 1. The number of carbonyl (C=O) groups excluding carboxylic acids is 1. The standard InChI is InChI=1S/C24H33N5O3S2/c1-23(2,3)28-33-21-7-5-6-20(25-21)26-22(30)18-9-8-17(27-34(4,31)32)16-19(18)29-14-12-24(10-11-24)13-15-29/h5-9,16,27-28H,10-15H2,1-4H3,(H,25,26,30). The van der Waals surface area contributed by atoms with E-state index in [1.165, 1.54) is 24.8 Å². The fraction of sp³-hybridized carbons (Fsp3) is 0.500. The smallest absolute Gasteiger partial charge is 0.258 e. The predicted molar refractivity (Wildman–Crippen MR) is 139 cm³/mol. The molecule has 3 N–H and O–H groups in total. The van der Waals surface area contributed by atoms with Crippen molar-refractivity contribution in [2.75, 3.05) is 34.3 Å². The first-order valence-corrected chi connectivity index (χ1v) is 14.2. The van der Waals surface area contributed by atoms with Crippen LogP contribution in [0.15, 0.2) is 41.4 Å². The second-order valence-corrected chi connectivity index (χ2v) is 12.9. The summed E-state index contributed by atoms with van der Waals surface area (Å²) >= 11 is 1.42. The van der Waals surface area contributed by atoms with E-state index in [0.29, 0.717) is 22.5 Å². The number of benzene rings is 1. The summed E-state index contributed by atoms with van der Waals surface area (Å²) in [7, 11) is -3.42. The minimum atomic E-state index is -3.42. The normalized spacial score (nSPS) is 17.5. The van der Waals surface area contributed by atoms with Gasteiger partial charge in [0.05, 0.1) is 23.2 Å². The number of nitrogens with one attached hydrogen (secondary N) is 3. The Hall–Kier alpha value is -2.30. The molecule has 0 atom stereocenters. The first-order valence-electron chi connectivity index (χ1n) is 11.5. The van der Waals surface area contributed by atoms with Gasteiger partial charge in [-0.1, -0.05) is 6.07 Å². The van der Waals surface area contributed by atoms with Crippen LogP contribution in [0.1, 0.15) is 56.8 Å². The molecule has 2 aromatic rings. The van der Waals surface area contributed by atoms with Gasteiger partial charge >= 0.3 is 0 Å². The third-order valence-corrected chi connectivity index (χ3v) is 7.85. The van der Waals surface area contributed by atoms with E-state index in [1.54, 1.807) is 24.3 Å². The van der Waals surface area contributed by atoms with Crippen LogP contribution in [0, 0.1) is 5.41 Å². The average molecular weight is 504 g/mol. The maximum absolute atomic E-state index is 13.3. The van der Waals surface area contributed by atoms with Crippen molar-refractivity contribution in [3.8, 4) is 0 Å². The van der Waals surface area contributed by atoms with E-state index in [0.717, 1.165) is 42.9 Å². The van der Waals surface area contributed by atoms with E-state index in [4.69, 9.17) is 0 Å². The minimum Gasteiger partial charge on any atom is -0.371 e. The third kappa shape index (κ3) is 6.64. The zero-order chi connectivity index (χ0) is 24.6. The molecule has 1 aromatic heterocycles. The second kappa shape index (κ2) is 9.39. The van der Waals surface area contributed by atoms with Crippen molar-refractivity contribution in [3.63, 3.8) is 0 Å². The lowest BCUT2D eigenvalue weighted by Crippen LogP contribution is -2.35. The van der Waals surface area contributed by atoms with Crippen LogP contribution in [0.25, 0.3) is 0 Å². The Bertz CT molecular complexity index is 1160. The van der Waals surface area contributed by atoms with Gasteiger partial charge in [-0.15, -0.1) is 0 Å². The summed E-state index contributed by atoms with van der Waals surface area (Å²) in [5.41, 5.74) is 2.10. The number of hydrogen-bond donors (Lipinski definition) is 3. The average Bonchev–Trinajstić information content (AvgIpc) is 3.50. The molecule has 34 heavy (non-hydrogen) atoms. The van der Waals surface area contributed by atoms with Crippen molar-refractivity contribution < 1.29 is 13.2 Å². The van der Waals surface area contributed by atoms with E-state index in [-0.39, 0.29) is 11.4 Å². The van der Waals surface area contributed by atoms with Gasteiger partial charge in [0.1, 0.15) is 10.8 Å². The summed E-state index contributed by atoms with van der Waals surface area (Å²) in [6, 6.07) is 10.6. The predicted octanol–water partition coefficient (Wildman–Crippen LogP) is 4.48. The zero-order valence-electron chi connectivity index (χ0n) is 20.1. The molecule has 1 amide bonds. The number of aromatic nitrogens is 1. The van der Waals surface area contributed by atoms with Crippen molar-refractivity contribution in [2.24, 2.45) is 5.41 Å². The van der Waals surface area contributed by atoms with Gasteiger partial charge in [0.2, 0.25) is 10.0 Å². The summed E-state index contributed by atoms with van der Waals surface area (Å²) in [6.07, 6.45) is 5.89. The van der Waals surface area contributed by atoms with Crippen LogP contribution in [-0.4, -0.2) is 44.2 Å². The van der Waals surface area contributed by atoms with Crippen LogP contribution in [0.4, 0.5) is 17.2 Å². The van der Waals surface area contributed by atoms with E-state index >= 15 is 0 Å². The highest BCUT2D eigenvalue weighted by molar-refractivity contribution is 7.97. The molecular formula is C24H33N5O3S2. The number of sulfonamides is 1. The Kier molecular flexibility index (Phi) is 6.85. The molecule has 0 unspecified atom stereocenters. The molecule has 184 valence electrons. The van der Waals surface area contributed by atoms with E-state index in [2.05, 4.69) is 45.4 Å². The Labute approximate surface area is 206 Å². The lowest BCUT2D eigenvalue weighted by molar-refractivity contribution is 0.102. The Morgan fingerprint density at radius 1 is 1.09 bits per heavy atom. The van der Waals surface area contributed by atoms with Crippen LogP contribution in [0.5, 0.6) is 0 Å². The van der Waals surface area contributed by atoms with Crippen molar-refractivity contribution in [2.45, 2.75) is 57.0 Å². The van der Waals surface area contributed by atoms with E-state index < -0.39 is 10.0 Å². The molecule has 0 radical (unpaired) electrons. The Morgan fingerprint density at radius 2 is 1.79 bits per heavy atom. The van der Waals surface area contributed by atoms with Crippen LogP contribution in [-0.2, 0) is 10.0 Å². The zero-order valence-corrected chi connectivity index (χ0v) is 21.8. The number of carbonyl (C=O) groups is 1. The Balaban J connectivity index is 1.55. The summed E-state index contributed by atoms with van der Waals surface area (Å²) in [5, 5.41) is 3.67. The number of amides is 1. The molecule has 1 saturated carbocycles. The van der Waals surface area contributed by atoms with Crippen molar-refractivity contribution >= 4 is 45.1 Å². The van der Waals surface area contributed by atoms with Gasteiger partial charge in [0, 0.05) is 18.6 Å². The quantitative estimate of drug-likeness (QED) is 0.479. The molecule has 1 spiro atoms. The van der Waals surface area contributed by atoms with Gasteiger partial charge in [0.15, 0.2) is 0 Å². The first kappa shape index (κ1) is 24.8. The monoisotopic (exact) mass is 503 g/mol. The third-order valence-electron chi connectivity index (χ3n) is 6.09. The minimum absolute atomic E-state index is 0.0737. The van der Waals surface area contributed by atoms with E-state index in [9.17, 15) is 13.2 Å². The maximum atomic E-state index is 13.3. The van der Waals surface area contributed by atoms with Crippen molar-refractivity contribution in [1.29, 1.82) is 0 Å². The molecule has 4 rings (SSSR count). The molecule has 2 fully saturated rings. The van der Waals surface area contributed by atoms with Crippen LogP contribution in [0.2, 0.25) is 0 Å². The Morgan fingerprint density at radius 3 is 2.41 bits per heavy atom. The van der Waals surface area contributed by atoms with Gasteiger partial charge < -0.3 is 10.2 Å². The fourth-order valence-corrected chi connectivity index (χ4v) is 5.35. The van der Waals surface area contributed by atoms with Crippen LogP contribution < -0.4 is 19.7 Å². The molecule has 1 aliphatic heterocycles. The molecular weight excluding hydrogens is 470 g/mol. The molecule has 2 aliphatic rings. The fourth-order valence-electron chi connectivity index (χ4n) is 4.09. The summed E-state index contributed by atoms with van der Waals surface area (Å²) in [5.74, 6) is 0.191. The summed E-state index contributed by atoms with van der Waals surface area (Å²) in [6.45, 7) is 7.92. The number of nitrogens with zero attached hydrogens (tertiary/aromatic N) is 2. The van der Waals surface area contributed by atoms with E-state index in [1.807, 2.05) is 12.1 Å². The maximum Gasteiger partial charge on any atom is 0.258 e. The lowest BCUT2D eigenvalue weighted by Gasteiger charge is -2.35. The number of rotatable bonds is 7. The molecule has 1 saturated heterocycles. The summed E-state index contributed by atoms with van der Waals surface area (Å²) in [4.78, 5) is 20.0. The van der Waals surface area contributed by atoms with Crippen molar-refractivity contribution in [3.05, 3.63) is 42.0 Å². The SMILES string of the molecule is CC(C)(C)NSc1cccc(NC(=O)c2ccc(NS(C)(=O)=O)cc2N2CCC3(CC2)CC3)n1. The largest absolute Gasteiger partial charge is 0.371 e. The number of piperidine rings is 1. The highest BCUT2D eigenvalue weighted by atomic mass is 32.2. The van der Waals surface area contributed by atoms with Crippen molar-refractivity contribution in [1.82, 2.24) is 9.71 Å². The molecule has 1 aromatic carbocycles. The molecule has 1 aliphatic carbocycles. The van der Waals surface area contributed by atoms with Gasteiger partial charge in [-0.05, 0) is 94.1 Å². The number of hydrogen-bond acceptors (Lipinski definition) is 7. The highest BCUT2D eigenvalue weighted by Crippen LogP contribution is 2.54. The molecule has 2 heterocycles. The highest BCUT2D eigenvalue weighted by Gasteiger charge is 2.44. The molecule has 10 heteroatoms. The summed E-state index contributed by atoms with van der Waals surface area (Å²) < 4.78 is 29.4. The van der Waals surface area contributed by atoms with Crippen LogP contribution >= 0.6 is 11.9 Å². The molecule has 8 nitrogen and oxygen atoms in total. The van der Waals surface area contributed by atoms with Gasteiger partial charge in [-0.25, -0.2) is 13.4 Å². The van der Waals surface area contributed by atoms with Crippen LogP contribution in [0.3, 0.4) is 0 Å². The van der Waals surface area contributed by atoms with Gasteiger partial charge in [-0.3, -0.25) is 14.2 Å². The number of anilines is 3. The first-order chi connectivity index (χ1) is 15.9.